The summed E-state index contributed by atoms with van der Waals surface area (Å²) in [6.45, 7) is 5.27. The van der Waals surface area contributed by atoms with Crippen molar-refractivity contribution in [2.24, 2.45) is 0 Å². The van der Waals surface area contributed by atoms with Gasteiger partial charge in [0.15, 0.2) is 0 Å². The van der Waals surface area contributed by atoms with Crippen LogP contribution in [0.5, 0.6) is 0 Å². The molecule has 90 valence electrons. The summed E-state index contributed by atoms with van der Waals surface area (Å²) in [5.41, 5.74) is -0.0385. The van der Waals surface area contributed by atoms with Crippen LogP contribution in [0.25, 0.3) is 0 Å². The van der Waals surface area contributed by atoms with Gasteiger partial charge in [0.25, 0.3) is 0 Å². The van der Waals surface area contributed by atoms with Crippen LogP contribution < -0.4 is 34.7 Å². The van der Waals surface area contributed by atoms with Crippen molar-refractivity contribution in [1.82, 2.24) is 0 Å². The molecule has 0 aliphatic rings. The quantitative estimate of drug-likeness (QED) is 0.310. The monoisotopic (exact) mass is 243 g/mol. The molecule has 7 heteroatoms. The number of hydrogen-bond donors (Lipinski definition) is 1. The Balaban J connectivity index is -0.0000000904. The SMILES string of the molecule is CCC(=O)[O-].CCCOC(=O)C(C)=N.O.[Na+]. The number of carboxylic acid groups (broad SMARTS) is 1. The Morgan fingerprint density at radius 2 is 1.69 bits per heavy atom. The largest absolute Gasteiger partial charge is 1.00 e. The minimum atomic E-state index is -0.995. The van der Waals surface area contributed by atoms with E-state index in [0.29, 0.717) is 6.61 Å². The fraction of sp³-hybridized carbons (Fsp3) is 0.667. The number of carbonyl (C=O) groups excluding carboxylic acids is 2. The maximum absolute atomic E-state index is 10.5. The normalized spacial score (nSPS) is 7.19. The van der Waals surface area contributed by atoms with E-state index in [1.54, 1.807) is 0 Å². The zero-order valence-electron chi connectivity index (χ0n) is 10.3. The van der Waals surface area contributed by atoms with Gasteiger partial charge in [0.05, 0.1) is 6.61 Å². The maximum atomic E-state index is 10.5. The number of rotatable bonds is 4. The number of nitrogens with one attached hydrogen (secondary N) is 1. The van der Waals surface area contributed by atoms with Gasteiger partial charge < -0.3 is 20.1 Å². The van der Waals surface area contributed by atoms with Crippen molar-refractivity contribution in [3.63, 3.8) is 0 Å². The third-order valence-corrected chi connectivity index (χ3v) is 1.03. The summed E-state index contributed by atoms with van der Waals surface area (Å²) < 4.78 is 4.59. The van der Waals surface area contributed by atoms with Crippen LogP contribution in [0.4, 0.5) is 0 Å². The molecule has 0 aliphatic carbocycles. The molecule has 0 heterocycles. The smallest absolute Gasteiger partial charge is 0.550 e. The first-order valence-electron chi connectivity index (χ1n) is 4.37. The Hall–Kier alpha value is -0.430. The van der Waals surface area contributed by atoms with E-state index in [1.807, 2.05) is 6.92 Å². The van der Waals surface area contributed by atoms with Crippen molar-refractivity contribution < 1.29 is 54.5 Å². The molecule has 16 heavy (non-hydrogen) atoms. The van der Waals surface area contributed by atoms with Gasteiger partial charge in [-0.05, 0) is 19.8 Å². The van der Waals surface area contributed by atoms with E-state index >= 15 is 0 Å². The molecule has 0 radical (unpaired) electrons. The number of ether oxygens (including phenoxy) is 1. The van der Waals surface area contributed by atoms with Gasteiger partial charge in [-0.1, -0.05) is 13.8 Å². The van der Waals surface area contributed by atoms with E-state index < -0.39 is 11.9 Å². The molecular weight excluding hydrogens is 225 g/mol. The van der Waals surface area contributed by atoms with Gasteiger partial charge in [-0.3, -0.25) is 5.41 Å². The molecule has 0 saturated carbocycles. The molecule has 0 aromatic carbocycles. The van der Waals surface area contributed by atoms with E-state index in [0.717, 1.165) is 6.42 Å². The van der Waals surface area contributed by atoms with Gasteiger partial charge in [-0.15, -0.1) is 0 Å². The second kappa shape index (κ2) is 17.0. The van der Waals surface area contributed by atoms with Crippen molar-refractivity contribution in [2.75, 3.05) is 6.61 Å². The molecular formula is C9H18NNaO5. The number of hydrogen-bond acceptors (Lipinski definition) is 5. The Morgan fingerprint density at radius 1 is 1.31 bits per heavy atom. The number of carbonyl (C=O) groups is 2. The summed E-state index contributed by atoms with van der Waals surface area (Å²) in [5, 5.41) is 16.1. The molecule has 3 N–H and O–H groups in total. The average molecular weight is 243 g/mol. The zero-order valence-corrected chi connectivity index (χ0v) is 12.3. The predicted octanol–water partition coefficient (Wildman–Crippen LogP) is -3.70. The van der Waals surface area contributed by atoms with Crippen LogP contribution in [0.3, 0.4) is 0 Å². The van der Waals surface area contributed by atoms with Crippen LogP contribution in [0.15, 0.2) is 0 Å². The second-order valence-electron chi connectivity index (χ2n) is 2.49. The fourth-order valence-corrected chi connectivity index (χ4v) is 0.303. The maximum Gasteiger partial charge on any atom is 1.00 e. The Kier molecular flexibility index (Phi) is 26.2. The Labute approximate surface area is 117 Å². The molecule has 0 bridgehead atoms. The summed E-state index contributed by atoms with van der Waals surface area (Å²) in [6.07, 6.45) is 0.916. The molecule has 0 spiro atoms. The fourth-order valence-electron chi connectivity index (χ4n) is 0.303. The van der Waals surface area contributed by atoms with Gasteiger partial charge in [-0.2, -0.15) is 0 Å². The molecule has 0 fully saturated rings. The molecule has 0 aromatic heterocycles. The van der Waals surface area contributed by atoms with E-state index in [-0.39, 0.29) is 47.2 Å². The molecule has 0 unspecified atom stereocenters. The van der Waals surface area contributed by atoms with Crippen LogP contribution in [-0.2, 0) is 14.3 Å². The summed E-state index contributed by atoms with van der Waals surface area (Å²) in [5.74, 6) is -1.51. The molecule has 0 rings (SSSR count). The molecule has 0 atom stereocenters. The van der Waals surface area contributed by atoms with Crippen molar-refractivity contribution in [2.45, 2.75) is 33.6 Å². The van der Waals surface area contributed by atoms with Gasteiger partial charge in [0, 0.05) is 5.97 Å². The van der Waals surface area contributed by atoms with Gasteiger partial charge in [0.2, 0.25) is 0 Å². The predicted molar refractivity (Wildman–Crippen MR) is 53.6 cm³/mol. The molecule has 0 saturated heterocycles. The number of aliphatic carboxylic acids is 1. The van der Waals surface area contributed by atoms with Crippen LogP contribution in [-0.4, -0.2) is 29.7 Å². The average Bonchev–Trinajstić information content (AvgIpc) is 2.14. The molecule has 0 aliphatic heterocycles. The van der Waals surface area contributed by atoms with E-state index in [1.165, 1.54) is 13.8 Å². The summed E-state index contributed by atoms with van der Waals surface area (Å²) in [4.78, 5) is 19.7. The molecule has 0 amide bonds. The first kappa shape index (κ1) is 24.7. The summed E-state index contributed by atoms with van der Waals surface area (Å²) in [6, 6.07) is 0. The van der Waals surface area contributed by atoms with Crippen LogP contribution >= 0.6 is 0 Å². The topological polar surface area (TPSA) is 122 Å². The Bertz CT molecular complexity index is 208. The first-order chi connectivity index (χ1) is 6.45. The first-order valence-corrected chi connectivity index (χ1v) is 4.37. The third kappa shape index (κ3) is 23.4. The number of esters is 1. The Morgan fingerprint density at radius 3 is 1.88 bits per heavy atom. The van der Waals surface area contributed by atoms with Crippen LogP contribution in [0.2, 0.25) is 0 Å². The van der Waals surface area contributed by atoms with Gasteiger partial charge >= 0.3 is 35.5 Å². The molecule has 6 nitrogen and oxygen atoms in total. The van der Waals surface area contributed by atoms with E-state index in [9.17, 15) is 14.7 Å². The second-order valence-corrected chi connectivity index (χ2v) is 2.49. The van der Waals surface area contributed by atoms with Gasteiger partial charge in [0.1, 0.15) is 5.71 Å². The van der Waals surface area contributed by atoms with Crippen molar-refractivity contribution in [1.29, 1.82) is 5.41 Å². The van der Waals surface area contributed by atoms with E-state index in [2.05, 4.69) is 4.74 Å². The van der Waals surface area contributed by atoms with Crippen LogP contribution in [0.1, 0.15) is 33.6 Å². The van der Waals surface area contributed by atoms with Crippen molar-refractivity contribution >= 4 is 17.7 Å². The van der Waals surface area contributed by atoms with Crippen LogP contribution in [0, 0.1) is 5.41 Å². The van der Waals surface area contributed by atoms with Crippen molar-refractivity contribution in [3.05, 3.63) is 0 Å². The number of carboxylic acids is 1. The summed E-state index contributed by atoms with van der Waals surface area (Å²) in [7, 11) is 0. The third-order valence-electron chi connectivity index (χ3n) is 1.03. The molecule has 0 aromatic rings. The minimum Gasteiger partial charge on any atom is -0.550 e. The standard InChI is InChI=1S/C6H11NO2.C3H6O2.Na.H2O/c1-3-4-9-6(8)5(2)7;1-2-3(4)5;;/h7H,3-4H2,1-2H3;2H2,1H3,(H,4,5);;1H2/q;;+1;/p-1. The zero-order chi connectivity index (χ0) is 11.6. The van der Waals surface area contributed by atoms with E-state index in [4.69, 9.17) is 5.41 Å². The minimum absolute atomic E-state index is 0. The van der Waals surface area contributed by atoms with Crippen molar-refractivity contribution in [3.8, 4) is 0 Å². The summed E-state index contributed by atoms with van der Waals surface area (Å²) >= 11 is 0. The van der Waals surface area contributed by atoms with Gasteiger partial charge in [-0.25, -0.2) is 4.79 Å².